The Balaban J connectivity index is 1.41. The summed E-state index contributed by atoms with van der Waals surface area (Å²) in [5, 5.41) is 0. The monoisotopic (exact) mass is 368 g/mol. The molecule has 1 atom stereocenters. The first kappa shape index (κ1) is 18.0. The summed E-state index contributed by atoms with van der Waals surface area (Å²) in [6, 6.07) is 10.9. The van der Waals surface area contributed by atoms with Crippen LogP contribution < -0.4 is 10.5 Å². The summed E-state index contributed by atoms with van der Waals surface area (Å²) in [6.45, 7) is 5.94. The van der Waals surface area contributed by atoms with Gasteiger partial charge in [0.05, 0.1) is 13.1 Å². The van der Waals surface area contributed by atoms with Crippen molar-refractivity contribution in [3.63, 3.8) is 0 Å². The Morgan fingerprint density at radius 2 is 1.89 bits per heavy atom. The summed E-state index contributed by atoms with van der Waals surface area (Å²) in [6.07, 6.45) is 4.03. The number of aryl methyl sites for hydroxylation is 1. The van der Waals surface area contributed by atoms with Gasteiger partial charge in [0.1, 0.15) is 5.82 Å². The van der Waals surface area contributed by atoms with Gasteiger partial charge in [0, 0.05) is 35.7 Å². The maximum atomic E-state index is 13.1. The lowest BCUT2D eigenvalue weighted by Gasteiger charge is -2.28. The topological polar surface area (TPSA) is 39.1 Å². The van der Waals surface area contributed by atoms with Crippen molar-refractivity contribution in [1.82, 2.24) is 4.98 Å². The van der Waals surface area contributed by atoms with Gasteiger partial charge in [0.25, 0.3) is 5.56 Å². The summed E-state index contributed by atoms with van der Waals surface area (Å²) in [4.78, 5) is 17.5. The molecule has 142 valence electrons. The molecular weight excluding hydrogens is 341 g/mol. The summed E-state index contributed by atoms with van der Waals surface area (Å²) >= 11 is 0. The molecule has 0 spiro atoms. The zero-order valence-corrected chi connectivity index (χ0v) is 15.9. The zero-order valence-electron chi connectivity index (χ0n) is 15.9. The molecule has 2 fully saturated rings. The van der Waals surface area contributed by atoms with Gasteiger partial charge >= 0.3 is 0 Å². The summed E-state index contributed by atoms with van der Waals surface area (Å²) < 4.78 is 15.6. The van der Waals surface area contributed by atoms with Crippen LogP contribution in [-0.4, -0.2) is 41.5 Å². The Bertz CT molecular complexity index is 891. The number of rotatable bonds is 3. The van der Waals surface area contributed by atoms with E-state index < -0.39 is 0 Å². The van der Waals surface area contributed by atoms with E-state index in [-0.39, 0.29) is 11.4 Å². The lowest BCUT2D eigenvalue weighted by Crippen LogP contribution is -2.43. The molecule has 0 unspecified atom stereocenters. The standard InChI is InChI=1S/C22H26FN3O/c1-2-16-4-10-21(24-22(16)27)17-3-7-20(15-17)26-13-11-25(12-14-26)19-8-5-18(23)6-9-19/h4-6,8-10,17H,2-3,7,11-15H2,1H3/p+1/t17-/m1/s1. The molecule has 5 heteroatoms. The fourth-order valence-electron chi connectivity index (χ4n) is 4.35. The molecule has 1 aromatic heterocycles. The minimum Gasteiger partial charge on any atom is -0.359 e. The van der Waals surface area contributed by atoms with Crippen molar-refractivity contribution in [2.45, 2.75) is 38.5 Å². The average molecular weight is 368 g/mol. The van der Waals surface area contributed by atoms with Gasteiger partial charge in [-0.05, 0) is 43.2 Å². The number of nitrogens with one attached hydrogen (secondary N) is 1. The van der Waals surface area contributed by atoms with E-state index >= 15 is 0 Å². The molecule has 0 amide bonds. The van der Waals surface area contributed by atoms with Crippen LogP contribution in [0.15, 0.2) is 41.2 Å². The van der Waals surface area contributed by atoms with Crippen LogP contribution in [0.3, 0.4) is 0 Å². The van der Waals surface area contributed by atoms with E-state index in [0.717, 1.165) is 68.8 Å². The number of anilines is 1. The number of hydrogen-bond donors (Lipinski definition) is 1. The quantitative estimate of drug-likeness (QED) is 0.844. The molecular formula is C22H27FN3O+. The van der Waals surface area contributed by atoms with Gasteiger partial charge in [-0.15, -0.1) is 0 Å². The number of hydrogen-bond acceptors (Lipinski definition) is 2. The maximum Gasteiger partial charge on any atom is 0.251 e. The van der Waals surface area contributed by atoms with Crippen LogP contribution in [0, 0.1) is 5.82 Å². The van der Waals surface area contributed by atoms with Crippen LogP contribution in [-0.2, 0) is 6.42 Å². The molecule has 2 aromatic rings. The van der Waals surface area contributed by atoms with E-state index in [1.54, 1.807) is 0 Å². The smallest absolute Gasteiger partial charge is 0.251 e. The Hall–Kier alpha value is -2.43. The van der Waals surface area contributed by atoms with Gasteiger partial charge in [-0.2, -0.15) is 0 Å². The third-order valence-electron chi connectivity index (χ3n) is 6.02. The van der Waals surface area contributed by atoms with Crippen molar-refractivity contribution >= 4 is 11.4 Å². The second kappa shape index (κ2) is 7.67. The molecule has 4 nitrogen and oxygen atoms in total. The third kappa shape index (κ3) is 3.82. The van der Waals surface area contributed by atoms with Gasteiger partial charge < -0.3 is 9.88 Å². The zero-order chi connectivity index (χ0) is 18.8. The van der Waals surface area contributed by atoms with E-state index in [0.29, 0.717) is 5.92 Å². The van der Waals surface area contributed by atoms with Crippen molar-refractivity contribution in [3.05, 3.63) is 63.8 Å². The number of pyridine rings is 1. The Labute approximate surface area is 159 Å². The van der Waals surface area contributed by atoms with Crippen LogP contribution in [0.25, 0.3) is 0 Å². The van der Waals surface area contributed by atoms with Crippen molar-refractivity contribution in [2.75, 3.05) is 31.1 Å². The van der Waals surface area contributed by atoms with Gasteiger partial charge in [-0.3, -0.25) is 4.79 Å². The molecule has 1 aromatic carbocycles. The Kier molecular flexibility index (Phi) is 5.10. The molecule has 1 saturated heterocycles. The molecule has 27 heavy (non-hydrogen) atoms. The number of H-pyrrole nitrogens is 1. The molecule has 2 aliphatic rings. The van der Waals surface area contributed by atoms with E-state index in [9.17, 15) is 9.18 Å². The van der Waals surface area contributed by atoms with Crippen LogP contribution >= 0.6 is 0 Å². The molecule has 4 rings (SSSR count). The summed E-state index contributed by atoms with van der Waals surface area (Å²) in [5.41, 5.74) is 4.62. The minimum atomic E-state index is -0.185. The summed E-state index contributed by atoms with van der Waals surface area (Å²) in [5.74, 6) is 0.240. The van der Waals surface area contributed by atoms with Gasteiger partial charge in [0.15, 0.2) is 18.8 Å². The van der Waals surface area contributed by atoms with E-state index in [1.807, 2.05) is 25.1 Å². The number of nitrogens with zero attached hydrogens (tertiary/aromatic N) is 2. The molecule has 1 saturated carbocycles. The first-order chi connectivity index (χ1) is 13.1. The normalized spacial score (nSPS) is 20.4. The van der Waals surface area contributed by atoms with E-state index in [1.165, 1.54) is 17.8 Å². The van der Waals surface area contributed by atoms with Crippen LogP contribution in [0.4, 0.5) is 10.1 Å². The van der Waals surface area contributed by atoms with Crippen molar-refractivity contribution < 1.29 is 8.97 Å². The highest BCUT2D eigenvalue weighted by atomic mass is 19.1. The number of aromatic nitrogens is 1. The van der Waals surface area contributed by atoms with E-state index in [4.69, 9.17) is 0 Å². The van der Waals surface area contributed by atoms with E-state index in [2.05, 4.69) is 20.5 Å². The lowest BCUT2D eigenvalue weighted by molar-refractivity contribution is -0.531. The SMILES string of the molecule is CCc1ccc([C@@H]2CCC(=[N+]3CCN(c4ccc(F)cc4)CC3)C2)[nH]c1=O. The molecule has 1 N–H and O–H groups in total. The first-order valence-electron chi connectivity index (χ1n) is 9.96. The largest absolute Gasteiger partial charge is 0.359 e. The molecule has 0 bridgehead atoms. The maximum absolute atomic E-state index is 13.1. The van der Waals surface area contributed by atoms with Crippen molar-refractivity contribution in [1.29, 1.82) is 0 Å². The highest BCUT2D eigenvalue weighted by Gasteiger charge is 2.31. The highest BCUT2D eigenvalue weighted by Crippen LogP contribution is 2.31. The molecule has 2 heterocycles. The van der Waals surface area contributed by atoms with Gasteiger partial charge in [-0.1, -0.05) is 13.0 Å². The number of piperazine rings is 1. The van der Waals surface area contributed by atoms with Gasteiger partial charge in [0.2, 0.25) is 0 Å². The van der Waals surface area contributed by atoms with Crippen molar-refractivity contribution in [2.24, 2.45) is 0 Å². The Morgan fingerprint density at radius 3 is 2.56 bits per heavy atom. The average Bonchev–Trinajstić information content (AvgIpc) is 3.19. The summed E-state index contributed by atoms with van der Waals surface area (Å²) in [7, 11) is 0. The Morgan fingerprint density at radius 1 is 1.15 bits per heavy atom. The first-order valence-corrected chi connectivity index (χ1v) is 9.96. The fourth-order valence-corrected chi connectivity index (χ4v) is 4.35. The minimum absolute atomic E-state index is 0.0661. The van der Waals surface area contributed by atoms with Crippen LogP contribution in [0.1, 0.15) is 43.4 Å². The highest BCUT2D eigenvalue weighted by molar-refractivity contribution is 5.83. The van der Waals surface area contributed by atoms with Crippen molar-refractivity contribution in [3.8, 4) is 0 Å². The molecule has 0 radical (unpaired) electrons. The fraction of sp³-hybridized carbons (Fsp3) is 0.455. The molecule has 1 aliphatic heterocycles. The third-order valence-corrected chi connectivity index (χ3v) is 6.02. The van der Waals surface area contributed by atoms with Crippen LogP contribution in [0.2, 0.25) is 0 Å². The second-order valence-corrected chi connectivity index (χ2v) is 7.58. The number of aromatic amines is 1. The lowest BCUT2D eigenvalue weighted by atomic mass is 10.0. The van der Waals surface area contributed by atoms with Crippen LogP contribution in [0.5, 0.6) is 0 Å². The predicted octanol–water partition coefficient (Wildman–Crippen LogP) is 3.32. The predicted molar refractivity (Wildman–Crippen MR) is 107 cm³/mol. The van der Waals surface area contributed by atoms with Gasteiger partial charge in [-0.25, -0.2) is 8.97 Å². The second-order valence-electron chi connectivity index (χ2n) is 7.58. The number of benzene rings is 1. The number of halogens is 1. The molecule has 1 aliphatic carbocycles.